The van der Waals surface area contributed by atoms with Crippen LogP contribution < -0.4 is 5.32 Å². The fourth-order valence-electron chi connectivity index (χ4n) is 2.26. The molecule has 0 aromatic carbocycles. The fourth-order valence-corrected chi connectivity index (χ4v) is 2.26. The second-order valence-corrected chi connectivity index (χ2v) is 3.55. The normalized spacial score (nSPS) is 45.5. The molecule has 2 heterocycles. The van der Waals surface area contributed by atoms with E-state index in [4.69, 9.17) is 0 Å². The monoisotopic (exact) mass is 152 g/mol. The molecular formula is C7H8N2O2. The highest BCUT2D eigenvalue weighted by Gasteiger charge is 2.60. The van der Waals surface area contributed by atoms with Crippen LogP contribution in [-0.2, 0) is 4.79 Å². The Kier molecular flexibility index (Phi) is 0.718. The number of nitrogens with zero attached hydrogens (tertiary/aromatic N) is 1. The smallest absolute Gasteiger partial charge is 0.312 e. The van der Waals surface area contributed by atoms with Gasteiger partial charge < -0.3 is 4.90 Å². The third-order valence-electron chi connectivity index (χ3n) is 2.91. The third-order valence-corrected chi connectivity index (χ3v) is 2.91. The molecular weight excluding hydrogens is 144 g/mol. The second-order valence-electron chi connectivity index (χ2n) is 3.55. The molecule has 2 aliphatic heterocycles. The van der Waals surface area contributed by atoms with Crippen LogP contribution in [-0.4, -0.2) is 29.4 Å². The van der Waals surface area contributed by atoms with Gasteiger partial charge in [-0.3, -0.25) is 10.1 Å². The van der Waals surface area contributed by atoms with E-state index in [1.54, 1.807) is 4.90 Å². The Morgan fingerprint density at radius 1 is 1.45 bits per heavy atom. The highest BCUT2D eigenvalue weighted by Crippen LogP contribution is 2.50. The van der Waals surface area contributed by atoms with E-state index in [0.717, 1.165) is 13.0 Å². The number of hydrogen-bond donors (Lipinski definition) is 1. The van der Waals surface area contributed by atoms with Crippen LogP contribution in [0.2, 0.25) is 0 Å². The molecule has 0 unspecified atom stereocenters. The van der Waals surface area contributed by atoms with Crippen LogP contribution in [0, 0.1) is 11.8 Å². The van der Waals surface area contributed by atoms with Gasteiger partial charge in [-0.1, -0.05) is 0 Å². The summed E-state index contributed by atoms with van der Waals surface area (Å²) in [7, 11) is 0. The van der Waals surface area contributed by atoms with Gasteiger partial charge in [0, 0.05) is 6.54 Å². The van der Waals surface area contributed by atoms with Crippen LogP contribution >= 0.6 is 0 Å². The average molecular weight is 152 g/mol. The number of fused-ring (bicyclic) bond motifs is 3. The van der Waals surface area contributed by atoms with Crippen molar-refractivity contribution in [3.63, 3.8) is 0 Å². The zero-order valence-electron chi connectivity index (χ0n) is 5.91. The zero-order chi connectivity index (χ0) is 7.59. The van der Waals surface area contributed by atoms with Gasteiger partial charge in [0.1, 0.15) is 6.04 Å². The largest absolute Gasteiger partial charge is 0.324 e. The van der Waals surface area contributed by atoms with E-state index in [2.05, 4.69) is 5.32 Å². The van der Waals surface area contributed by atoms with Gasteiger partial charge in [-0.05, 0) is 18.3 Å². The van der Waals surface area contributed by atoms with Crippen molar-refractivity contribution in [1.82, 2.24) is 10.2 Å². The van der Waals surface area contributed by atoms with Crippen LogP contribution in [0.25, 0.3) is 0 Å². The summed E-state index contributed by atoms with van der Waals surface area (Å²) in [6.45, 7) is 0.799. The molecule has 3 amide bonds. The Morgan fingerprint density at radius 3 is 3.00 bits per heavy atom. The molecule has 1 N–H and O–H groups in total. The molecule has 0 aromatic rings. The number of rotatable bonds is 0. The second kappa shape index (κ2) is 1.42. The van der Waals surface area contributed by atoms with Crippen LogP contribution in [0.1, 0.15) is 6.42 Å². The van der Waals surface area contributed by atoms with Gasteiger partial charge in [-0.15, -0.1) is 0 Å². The van der Waals surface area contributed by atoms with Crippen molar-refractivity contribution in [2.75, 3.05) is 6.54 Å². The van der Waals surface area contributed by atoms with Crippen molar-refractivity contribution in [3.05, 3.63) is 0 Å². The maximum Gasteiger partial charge on any atom is 0.324 e. The molecule has 58 valence electrons. The summed E-state index contributed by atoms with van der Waals surface area (Å²) in [4.78, 5) is 23.8. The van der Waals surface area contributed by atoms with E-state index in [1.807, 2.05) is 0 Å². The summed E-state index contributed by atoms with van der Waals surface area (Å²) in [6.07, 6.45) is 1.14. The van der Waals surface area contributed by atoms with Crippen LogP contribution in [0.4, 0.5) is 4.79 Å². The van der Waals surface area contributed by atoms with Gasteiger partial charge in [0.15, 0.2) is 0 Å². The topological polar surface area (TPSA) is 49.4 Å². The van der Waals surface area contributed by atoms with Gasteiger partial charge in [-0.2, -0.15) is 0 Å². The van der Waals surface area contributed by atoms with Crippen LogP contribution in [0.5, 0.6) is 0 Å². The fraction of sp³-hybridized carbons (Fsp3) is 0.714. The molecule has 1 aliphatic carbocycles. The number of piperidine rings is 1. The molecule has 0 bridgehead atoms. The standard InChI is InChI=1S/C7H8N2O2/c10-6-5-4-1-3(4)2-9(5)7(11)8-6/h3-5H,1-2H2,(H,8,10,11)/t3-,4-,5+/m1/s1. The molecule has 0 spiro atoms. The van der Waals surface area contributed by atoms with E-state index in [-0.39, 0.29) is 18.0 Å². The maximum absolute atomic E-state index is 11.1. The highest BCUT2D eigenvalue weighted by molar-refractivity contribution is 6.05. The first-order chi connectivity index (χ1) is 5.27. The lowest BCUT2D eigenvalue weighted by Gasteiger charge is -2.13. The molecule has 4 nitrogen and oxygen atoms in total. The summed E-state index contributed by atoms with van der Waals surface area (Å²) < 4.78 is 0. The van der Waals surface area contributed by atoms with Crippen molar-refractivity contribution >= 4 is 11.9 Å². The first-order valence-electron chi connectivity index (χ1n) is 3.89. The van der Waals surface area contributed by atoms with E-state index in [9.17, 15) is 9.59 Å². The Balaban J connectivity index is 2.00. The molecule has 4 heteroatoms. The predicted molar refractivity (Wildman–Crippen MR) is 35.6 cm³/mol. The van der Waals surface area contributed by atoms with E-state index < -0.39 is 0 Å². The number of carbonyl (C=O) groups is 2. The number of hydrogen-bond acceptors (Lipinski definition) is 2. The third kappa shape index (κ3) is 0.514. The molecule has 3 atom stereocenters. The van der Waals surface area contributed by atoms with Crippen molar-refractivity contribution in [1.29, 1.82) is 0 Å². The van der Waals surface area contributed by atoms with E-state index in [0.29, 0.717) is 11.8 Å². The SMILES string of the molecule is O=C1NC(=O)N2C[C@H]3C[C@H]3[C@@H]12. The predicted octanol–water partition coefficient (Wildman–Crippen LogP) is -0.444. The van der Waals surface area contributed by atoms with E-state index >= 15 is 0 Å². The highest BCUT2D eigenvalue weighted by atomic mass is 16.2. The molecule has 1 saturated carbocycles. The number of carbonyl (C=O) groups excluding carboxylic acids is 2. The Labute approximate surface area is 63.5 Å². The number of nitrogens with one attached hydrogen (secondary N) is 1. The minimum Gasteiger partial charge on any atom is -0.312 e. The lowest BCUT2D eigenvalue weighted by Crippen LogP contribution is -2.32. The van der Waals surface area contributed by atoms with Crippen molar-refractivity contribution < 1.29 is 9.59 Å². The molecule has 3 aliphatic rings. The van der Waals surface area contributed by atoms with Gasteiger partial charge in [0.05, 0.1) is 0 Å². The van der Waals surface area contributed by atoms with Crippen molar-refractivity contribution in [2.45, 2.75) is 12.5 Å². The number of imide groups is 1. The zero-order valence-corrected chi connectivity index (χ0v) is 5.91. The minimum atomic E-state index is -0.188. The van der Waals surface area contributed by atoms with Gasteiger partial charge >= 0.3 is 6.03 Å². The molecule has 3 fully saturated rings. The molecule has 0 aromatic heterocycles. The van der Waals surface area contributed by atoms with Crippen LogP contribution in [0.15, 0.2) is 0 Å². The molecule has 11 heavy (non-hydrogen) atoms. The van der Waals surface area contributed by atoms with Gasteiger partial charge in [-0.25, -0.2) is 4.79 Å². The first kappa shape index (κ1) is 5.57. The summed E-state index contributed by atoms with van der Waals surface area (Å²) in [5, 5.41) is 2.32. The van der Waals surface area contributed by atoms with Crippen LogP contribution in [0.3, 0.4) is 0 Å². The molecule has 2 saturated heterocycles. The lowest BCUT2D eigenvalue weighted by molar-refractivity contribution is -0.121. The minimum absolute atomic E-state index is 0.0833. The number of urea groups is 1. The lowest BCUT2D eigenvalue weighted by atomic mass is 10.2. The van der Waals surface area contributed by atoms with Crippen molar-refractivity contribution in [2.24, 2.45) is 11.8 Å². The average Bonchev–Trinajstić information content (AvgIpc) is 2.51. The molecule has 0 radical (unpaired) electrons. The summed E-state index contributed by atoms with van der Waals surface area (Å²) >= 11 is 0. The Morgan fingerprint density at radius 2 is 2.27 bits per heavy atom. The first-order valence-corrected chi connectivity index (χ1v) is 3.89. The quantitative estimate of drug-likeness (QED) is 0.478. The van der Waals surface area contributed by atoms with E-state index in [1.165, 1.54) is 0 Å². The maximum atomic E-state index is 11.1. The Bertz CT molecular complexity index is 263. The van der Waals surface area contributed by atoms with Crippen molar-refractivity contribution in [3.8, 4) is 0 Å². The number of amides is 3. The summed E-state index contributed by atoms with van der Waals surface area (Å²) in [5.74, 6) is 1.04. The molecule has 3 rings (SSSR count). The summed E-state index contributed by atoms with van der Waals surface area (Å²) in [6, 6.07) is -0.292. The Hall–Kier alpha value is -1.06. The van der Waals surface area contributed by atoms with Gasteiger partial charge in [0.2, 0.25) is 0 Å². The summed E-state index contributed by atoms with van der Waals surface area (Å²) in [5.41, 5.74) is 0. The van der Waals surface area contributed by atoms with Gasteiger partial charge in [0.25, 0.3) is 5.91 Å².